The zero-order valence-electron chi connectivity index (χ0n) is 12.1. The van der Waals surface area contributed by atoms with Crippen LogP contribution in [0.1, 0.15) is 34.6 Å². The Labute approximate surface area is 113 Å². The van der Waals surface area contributed by atoms with Crippen molar-refractivity contribution in [2.45, 2.75) is 34.6 Å². The third kappa shape index (κ3) is 3.23. The Morgan fingerprint density at radius 3 is 1.68 bits per heavy atom. The van der Waals surface area contributed by atoms with Gasteiger partial charge >= 0.3 is 11.9 Å². The molecule has 19 heavy (non-hydrogen) atoms. The molecule has 0 aromatic carbocycles. The predicted octanol–water partition coefficient (Wildman–Crippen LogP) is 0.659. The minimum atomic E-state index is -0.394. The molecule has 5 heteroatoms. The summed E-state index contributed by atoms with van der Waals surface area (Å²) in [6.45, 7) is 9.53. The molecular weight excluding hydrogens is 246 g/mol. The average molecular weight is 267 g/mol. The fourth-order valence-corrected chi connectivity index (χ4v) is 2.29. The van der Waals surface area contributed by atoms with Crippen molar-refractivity contribution in [1.29, 1.82) is 0 Å². The highest BCUT2D eigenvalue weighted by Crippen LogP contribution is 2.27. The topological polar surface area (TPSA) is 68.2 Å². The molecule has 0 fully saturated rings. The number of esters is 2. The van der Waals surface area contributed by atoms with E-state index in [-0.39, 0.29) is 5.92 Å². The molecule has 0 aromatic heterocycles. The number of hydrogen-bond donors (Lipinski definition) is 1. The largest absolute Gasteiger partial charge is 0.462 e. The lowest BCUT2D eigenvalue weighted by atomic mass is 9.87. The molecule has 0 amide bonds. The first kappa shape index (κ1) is 15.4. The molecule has 1 heterocycles. The molecule has 0 aliphatic carbocycles. The highest BCUT2D eigenvalue weighted by atomic mass is 16.5. The van der Waals surface area contributed by atoms with Gasteiger partial charge in [0.2, 0.25) is 0 Å². The maximum atomic E-state index is 12.0. The standard InChI is InChI=1S/C14H21NO4/c1-6-18-13(16)11-8(3)12(14(17)19-7-2)10(5)15-9(11)4/h8,15H,6-7H2,1-5H3/q+1. The summed E-state index contributed by atoms with van der Waals surface area (Å²) < 4.78 is 10.1. The molecule has 5 nitrogen and oxygen atoms in total. The quantitative estimate of drug-likeness (QED) is 0.760. The molecule has 0 saturated carbocycles. The highest BCUT2D eigenvalue weighted by Gasteiger charge is 2.38. The summed E-state index contributed by atoms with van der Waals surface area (Å²) in [6.07, 6.45) is 0. The molecular formula is C14H21NO4+. The van der Waals surface area contributed by atoms with Crippen LogP contribution in [0.2, 0.25) is 0 Å². The summed E-state index contributed by atoms with van der Waals surface area (Å²) >= 11 is 0. The fraction of sp³-hybridized carbons (Fsp3) is 0.571. The second kappa shape index (κ2) is 6.52. The van der Waals surface area contributed by atoms with E-state index in [9.17, 15) is 9.59 Å². The monoisotopic (exact) mass is 267 g/mol. The number of rotatable bonds is 4. The Morgan fingerprint density at radius 1 is 1.00 bits per heavy atom. The molecule has 1 radical (unpaired) electrons. The molecule has 0 aromatic rings. The van der Waals surface area contributed by atoms with Crippen molar-refractivity contribution in [1.82, 2.24) is 0 Å². The van der Waals surface area contributed by atoms with Gasteiger partial charge in [0.15, 0.2) is 11.4 Å². The van der Waals surface area contributed by atoms with Crippen LogP contribution in [0.15, 0.2) is 22.5 Å². The Morgan fingerprint density at radius 2 is 1.37 bits per heavy atom. The zero-order valence-corrected chi connectivity index (χ0v) is 12.1. The van der Waals surface area contributed by atoms with Crippen molar-refractivity contribution in [3.8, 4) is 0 Å². The maximum Gasteiger partial charge on any atom is 0.340 e. The number of nitrogens with one attached hydrogen (secondary N) is 1. The van der Waals surface area contributed by atoms with Crippen LogP contribution in [-0.4, -0.2) is 25.2 Å². The summed E-state index contributed by atoms with van der Waals surface area (Å²) in [5.41, 5.74) is 2.40. The van der Waals surface area contributed by atoms with Crippen LogP contribution in [0.3, 0.4) is 0 Å². The number of allylic oxidation sites excluding steroid dienone is 2. The van der Waals surface area contributed by atoms with Gasteiger partial charge in [-0.2, -0.15) is 0 Å². The van der Waals surface area contributed by atoms with Gasteiger partial charge in [-0.1, -0.05) is 6.92 Å². The molecule has 0 unspecified atom stereocenters. The Hall–Kier alpha value is -1.62. The van der Waals surface area contributed by atoms with E-state index in [0.717, 1.165) is 11.4 Å². The molecule has 0 bridgehead atoms. The van der Waals surface area contributed by atoms with E-state index in [4.69, 9.17) is 9.47 Å². The van der Waals surface area contributed by atoms with E-state index in [1.54, 1.807) is 27.7 Å². The lowest BCUT2D eigenvalue weighted by Crippen LogP contribution is -2.81. The van der Waals surface area contributed by atoms with Gasteiger partial charge in [0.1, 0.15) is 11.1 Å². The molecule has 0 saturated heterocycles. The van der Waals surface area contributed by atoms with Crippen molar-refractivity contribution in [3.05, 3.63) is 22.5 Å². The van der Waals surface area contributed by atoms with E-state index in [2.05, 4.69) is 5.32 Å². The summed E-state index contributed by atoms with van der Waals surface area (Å²) in [5.74, 6) is -1.12. The molecule has 1 rings (SSSR count). The van der Waals surface area contributed by atoms with Gasteiger partial charge in [0.05, 0.1) is 13.2 Å². The summed E-state index contributed by atoms with van der Waals surface area (Å²) in [6, 6.07) is 0. The second-order valence-corrected chi connectivity index (χ2v) is 4.36. The number of ether oxygens (including phenoxy) is 2. The zero-order chi connectivity index (χ0) is 14.6. The Balaban J connectivity index is 3.08. The predicted molar refractivity (Wildman–Crippen MR) is 68.8 cm³/mol. The SMILES string of the molecule is CCOC(=O)C1=C(C)[NH+]C(C)=C(C(=O)OCC)C1C. The summed E-state index contributed by atoms with van der Waals surface area (Å²) in [5, 5.41) is 3.05. The van der Waals surface area contributed by atoms with Crippen LogP contribution in [-0.2, 0) is 19.1 Å². The van der Waals surface area contributed by atoms with Crippen LogP contribution in [0.5, 0.6) is 0 Å². The first-order valence-corrected chi connectivity index (χ1v) is 6.46. The minimum absolute atomic E-state index is 0.305. The molecule has 1 aliphatic rings. The van der Waals surface area contributed by atoms with Gasteiger partial charge in [0.25, 0.3) is 0 Å². The lowest BCUT2D eigenvalue weighted by molar-refractivity contribution is -0.558. The van der Waals surface area contributed by atoms with Crippen LogP contribution in [0.4, 0.5) is 0 Å². The first-order valence-electron chi connectivity index (χ1n) is 6.46. The average Bonchev–Trinajstić information content (AvgIpc) is 2.28. The van der Waals surface area contributed by atoms with Crippen molar-refractivity contribution in [2.24, 2.45) is 5.92 Å². The highest BCUT2D eigenvalue weighted by molar-refractivity contribution is 5.96. The van der Waals surface area contributed by atoms with Crippen molar-refractivity contribution in [3.63, 3.8) is 0 Å². The van der Waals surface area contributed by atoms with Crippen molar-refractivity contribution in [2.75, 3.05) is 13.2 Å². The van der Waals surface area contributed by atoms with E-state index in [0.29, 0.717) is 24.4 Å². The second-order valence-electron chi connectivity index (χ2n) is 4.36. The molecule has 0 atom stereocenters. The normalized spacial score (nSPS) is 16.7. The third-order valence-corrected chi connectivity index (χ3v) is 3.04. The maximum absolute atomic E-state index is 12.0. The van der Waals surface area contributed by atoms with Crippen LogP contribution < -0.4 is 5.32 Å². The van der Waals surface area contributed by atoms with Crippen LogP contribution in [0.25, 0.3) is 0 Å². The van der Waals surface area contributed by atoms with Crippen LogP contribution in [0, 0.1) is 5.92 Å². The fourth-order valence-electron chi connectivity index (χ4n) is 2.29. The van der Waals surface area contributed by atoms with Gasteiger partial charge in [-0.15, -0.1) is 5.32 Å². The van der Waals surface area contributed by atoms with E-state index in [1.807, 2.05) is 6.92 Å². The van der Waals surface area contributed by atoms with Gasteiger partial charge in [-0.25, -0.2) is 9.59 Å². The number of hydrogen-bond acceptors (Lipinski definition) is 5. The van der Waals surface area contributed by atoms with E-state index < -0.39 is 11.9 Å². The van der Waals surface area contributed by atoms with E-state index in [1.165, 1.54) is 0 Å². The molecule has 0 spiro atoms. The van der Waals surface area contributed by atoms with Crippen molar-refractivity contribution < 1.29 is 24.4 Å². The van der Waals surface area contributed by atoms with Gasteiger partial charge in [-0.05, 0) is 13.8 Å². The summed E-state index contributed by atoms with van der Waals surface area (Å²) in [4.78, 5) is 23.9. The first-order chi connectivity index (χ1) is 8.93. The Bertz CT molecular complexity index is 408. The van der Waals surface area contributed by atoms with Gasteiger partial charge in [0, 0.05) is 19.8 Å². The minimum Gasteiger partial charge on any atom is -0.462 e. The molecule has 1 aliphatic heterocycles. The Kier molecular flexibility index (Phi) is 5.30. The number of dihydropyridines is 1. The molecule has 1 N–H and O–H groups in total. The summed E-state index contributed by atoms with van der Waals surface area (Å²) in [7, 11) is 0. The molecule has 105 valence electrons. The van der Waals surface area contributed by atoms with Crippen molar-refractivity contribution >= 4 is 11.9 Å². The van der Waals surface area contributed by atoms with E-state index >= 15 is 0 Å². The van der Waals surface area contributed by atoms with Crippen LogP contribution >= 0.6 is 0 Å². The smallest absolute Gasteiger partial charge is 0.340 e. The number of carbonyl (C=O) groups is 2. The third-order valence-electron chi connectivity index (χ3n) is 3.04. The van der Waals surface area contributed by atoms with Gasteiger partial charge in [-0.3, -0.25) is 0 Å². The number of carbonyl (C=O) groups excluding carboxylic acids is 2. The lowest BCUT2D eigenvalue weighted by Gasteiger charge is -2.21. The van der Waals surface area contributed by atoms with Gasteiger partial charge < -0.3 is 9.47 Å².